The Morgan fingerprint density at radius 2 is 1.92 bits per heavy atom. The maximum atomic E-state index is 12.4. The smallest absolute Gasteiger partial charge is 0.163 e. The van der Waals surface area contributed by atoms with Gasteiger partial charge in [0.1, 0.15) is 12.0 Å². The monoisotopic (exact) mass is 502 g/mol. The number of fused-ring (bicyclic) bond motifs is 1. The fraction of sp³-hybridized carbons (Fsp3) is 0.286. The third-order valence-corrected chi connectivity index (χ3v) is 7.67. The van der Waals surface area contributed by atoms with Gasteiger partial charge in [0.05, 0.1) is 17.1 Å². The van der Waals surface area contributed by atoms with Crippen molar-refractivity contribution in [3.8, 4) is 0 Å². The number of hydrogen-bond acceptors (Lipinski definition) is 6. The summed E-state index contributed by atoms with van der Waals surface area (Å²) in [4.78, 5) is 15.7. The molecule has 7 nitrogen and oxygen atoms in total. The summed E-state index contributed by atoms with van der Waals surface area (Å²) in [5.74, 6) is 0.955. The molecule has 2 aromatic heterocycles. The first-order valence-corrected chi connectivity index (χ1v) is 13.1. The molecule has 1 fully saturated rings. The van der Waals surface area contributed by atoms with Crippen LogP contribution in [0.25, 0.3) is 16.6 Å². The largest absolute Gasteiger partial charge is 0.397 e. The summed E-state index contributed by atoms with van der Waals surface area (Å²) in [7, 11) is 0. The van der Waals surface area contributed by atoms with Gasteiger partial charge >= 0.3 is 0 Å². The van der Waals surface area contributed by atoms with E-state index in [9.17, 15) is 4.79 Å². The fourth-order valence-corrected chi connectivity index (χ4v) is 5.63. The van der Waals surface area contributed by atoms with Crippen molar-refractivity contribution in [3.05, 3.63) is 88.7 Å². The zero-order chi connectivity index (χ0) is 25.7. The predicted molar refractivity (Wildman–Crippen MR) is 150 cm³/mol. The molecule has 0 aliphatic heterocycles. The highest BCUT2D eigenvalue weighted by Crippen LogP contribution is 2.38. The molecule has 0 amide bonds. The highest BCUT2D eigenvalue weighted by Gasteiger charge is 2.29. The number of hydrogen-bond donors (Lipinski definition) is 4. The molecule has 1 aliphatic rings. The van der Waals surface area contributed by atoms with Crippen LogP contribution in [0.2, 0.25) is 0 Å². The van der Waals surface area contributed by atoms with Crippen molar-refractivity contribution in [3.63, 3.8) is 0 Å². The van der Waals surface area contributed by atoms with Crippen LogP contribution in [0.4, 0.5) is 0 Å². The van der Waals surface area contributed by atoms with Crippen molar-refractivity contribution in [1.82, 2.24) is 9.99 Å². The molecule has 4 rings (SSSR count). The molecule has 0 atom stereocenters. The molecule has 0 radical (unpaired) electrons. The first kappa shape index (κ1) is 25.3. The van der Waals surface area contributed by atoms with Gasteiger partial charge < -0.3 is 22.2 Å². The molecule has 1 aromatic carbocycles. The Bertz CT molecular complexity index is 1260. The molecule has 0 spiro atoms. The number of aromatic amines is 1. The van der Waals surface area contributed by atoms with Crippen LogP contribution in [0, 0.1) is 11.8 Å². The zero-order valence-corrected chi connectivity index (χ0v) is 21.3. The van der Waals surface area contributed by atoms with Crippen LogP contribution in [-0.2, 0) is 0 Å². The van der Waals surface area contributed by atoms with E-state index in [2.05, 4.69) is 23.2 Å². The van der Waals surface area contributed by atoms with E-state index in [-0.39, 0.29) is 17.4 Å². The first-order valence-electron chi connectivity index (χ1n) is 12.2. The van der Waals surface area contributed by atoms with E-state index in [4.69, 9.17) is 17.2 Å². The highest BCUT2D eigenvalue weighted by atomic mass is 32.1. The van der Waals surface area contributed by atoms with E-state index < -0.39 is 0 Å². The van der Waals surface area contributed by atoms with Gasteiger partial charge in [0, 0.05) is 39.9 Å². The van der Waals surface area contributed by atoms with Crippen molar-refractivity contribution in [2.24, 2.45) is 34.1 Å². The Morgan fingerprint density at radius 3 is 2.56 bits per heavy atom. The van der Waals surface area contributed by atoms with Crippen LogP contribution in [0.5, 0.6) is 0 Å². The third kappa shape index (κ3) is 5.54. The topological polar surface area (TPSA) is 127 Å². The van der Waals surface area contributed by atoms with Gasteiger partial charge in [-0.05, 0) is 61.6 Å². The summed E-state index contributed by atoms with van der Waals surface area (Å²) >= 11 is 1.56. The van der Waals surface area contributed by atoms with Crippen LogP contribution in [0.3, 0.4) is 0 Å². The molecule has 36 heavy (non-hydrogen) atoms. The van der Waals surface area contributed by atoms with Crippen LogP contribution in [0.15, 0.2) is 82.5 Å². The second kappa shape index (κ2) is 11.3. The number of ketones is 1. The number of nitrogens with two attached hydrogens (primary N) is 3. The standard InChI is InChI=1S/C28H34N6OS/c1-18(30)28(27(31)25-15-22-5-3-4-6-24(22)33-25)34(32-17-29)19(2)21-10-7-20(8-11-21)9-12-26(35)23-13-14-36-16-23/h3-6,13-17,20-21,33H,1-2,7-12,30-31H2,(H2,29,32)/b28-27-. The number of aromatic nitrogens is 1. The lowest BCUT2D eigenvalue weighted by molar-refractivity contribution is 0.0968. The molecule has 7 N–H and O–H groups in total. The number of para-hydroxylation sites is 1. The molecule has 8 heteroatoms. The average Bonchev–Trinajstić information content (AvgIpc) is 3.57. The van der Waals surface area contributed by atoms with Crippen LogP contribution >= 0.6 is 11.3 Å². The molecular formula is C28H34N6OS. The summed E-state index contributed by atoms with van der Waals surface area (Å²) in [6, 6.07) is 11.8. The maximum Gasteiger partial charge on any atom is 0.163 e. The van der Waals surface area contributed by atoms with Crippen LogP contribution < -0.4 is 17.2 Å². The molecule has 3 aromatic rings. The van der Waals surface area contributed by atoms with E-state index in [0.29, 0.717) is 23.7 Å². The fourth-order valence-electron chi connectivity index (χ4n) is 4.97. The Labute approximate surface area is 216 Å². The lowest BCUT2D eigenvalue weighted by atomic mass is 9.78. The number of Topliss-reactive ketones (excluding diaryl/α,β-unsaturated/α-hetero) is 1. The number of thiophene rings is 1. The Kier molecular flexibility index (Phi) is 7.95. The number of carbonyl (C=O) groups is 1. The lowest BCUT2D eigenvalue weighted by Gasteiger charge is -2.34. The molecule has 0 bridgehead atoms. The van der Waals surface area contributed by atoms with Crippen molar-refractivity contribution in [1.29, 1.82) is 0 Å². The quantitative estimate of drug-likeness (QED) is 0.0955. The second-order valence-electron chi connectivity index (χ2n) is 9.32. The molecule has 0 unspecified atom stereocenters. The number of benzene rings is 1. The van der Waals surface area contributed by atoms with Crippen molar-refractivity contribution in [2.75, 3.05) is 0 Å². The van der Waals surface area contributed by atoms with Gasteiger partial charge in [-0.25, -0.2) is 5.01 Å². The summed E-state index contributed by atoms with van der Waals surface area (Å²) in [6.07, 6.45) is 6.68. The molecule has 1 aliphatic carbocycles. The summed E-state index contributed by atoms with van der Waals surface area (Å²) in [5.41, 5.74) is 23.0. The van der Waals surface area contributed by atoms with Crippen molar-refractivity contribution < 1.29 is 4.79 Å². The Morgan fingerprint density at radius 1 is 1.17 bits per heavy atom. The van der Waals surface area contributed by atoms with E-state index in [1.807, 2.05) is 47.2 Å². The first-order chi connectivity index (χ1) is 17.4. The second-order valence-corrected chi connectivity index (χ2v) is 10.1. The van der Waals surface area contributed by atoms with Gasteiger partial charge in [-0.3, -0.25) is 4.79 Å². The van der Waals surface area contributed by atoms with E-state index in [0.717, 1.165) is 60.0 Å². The number of carbonyl (C=O) groups excluding carboxylic acids is 1. The number of H-pyrrole nitrogens is 1. The summed E-state index contributed by atoms with van der Waals surface area (Å²) in [6.45, 7) is 8.32. The molecule has 1 saturated carbocycles. The normalized spacial score (nSPS) is 18.8. The summed E-state index contributed by atoms with van der Waals surface area (Å²) < 4.78 is 0. The van der Waals surface area contributed by atoms with E-state index >= 15 is 0 Å². The van der Waals surface area contributed by atoms with Crippen LogP contribution in [0.1, 0.15) is 54.6 Å². The van der Waals surface area contributed by atoms with Gasteiger partial charge in [-0.2, -0.15) is 16.4 Å². The van der Waals surface area contributed by atoms with Gasteiger partial charge in [0.2, 0.25) is 0 Å². The Hall–Kier alpha value is -3.78. The zero-order valence-electron chi connectivity index (χ0n) is 20.5. The number of nitrogens with zero attached hydrogens (tertiary/aromatic N) is 2. The SMILES string of the molecule is C=C(N)/C(=C(/N)c1cc2ccccc2[nH]1)N(/N=C\N)C(=C)C1CCC(CCC(=O)c2ccsc2)CC1. The number of allylic oxidation sites excluding steroid dienone is 1. The van der Waals surface area contributed by atoms with E-state index in [1.54, 1.807) is 16.3 Å². The van der Waals surface area contributed by atoms with E-state index in [1.165, 1.54) is 6.34 Å². The highest BCUT2D eigenvalue weighted by molar-refractivity contribution is 7.08. The van der Waals surface area contributed by atoms with Crippen molar-refractivity contribution >= 4 is 40.1 Å². The number of hydrazone groups is 1. The van der Waals surface area contributed by atoms with Gasteiger partial charge in [-0.1, -0.05) is 31.4 Å². The third-order valence-electron chi connectivity index (χ3n) is 6.99. The van der Waals surface area contributed by atoms with Gasteiger partial charge in [0.25, 0.3) is 0 Å². The number of rotatable bonds is 10. The molecule has 2 heterocycles. The minimum Gasteiger partial charge on any atom is -0.397 e. The van der Waals surface area contributed by atoms with Gasteiger partial charge in [-0.15, -0.1) is 0 Å². The molecular weight excluding hydrogens is 468 g/mol. The van der Waals surface area contributed by atoms with Crippen molar-refractivity contribution in [2.45, 2.75) is 38.5 Å². The number of nitrogens with one attached hydrogen (secondary N) is 1. The van der Waals surface area contributed by atoms with Gasteiger partial charge in [0.15, 0.2) is 5.78 Å². The minimum atomic E-state index is 0.197. The summed E-state index contributed by atoms with van der Waals surface area (Å²) in [5, 5.41) is 10.9. The molecule has 188 valence electrons. The minimum absolute atomic E-state index is 0.197. The molecule has 0 saturated heterocycles. The predicted octanol–water partition coefficient (Wildman–Crippen LogP) is 5.52. The average molecular weight is 503 g/mol. The lowest BCUT2D eigenvalue weighted by Crippen LogP contribution is -2.29. The Balaban J connectivity index is 1.47. The maximum absolute atomic E-state index is 12.4. The van der Waals surface area contributed by atoms with Crippen LogP contribution in [-0.4, -0.2) is 22.1 Å².